The SMILES string of the molecule is N#CC1=CC(=N)[N]N1. The lowest BCUT2D eigenvalue weighted by atomic mass is 10.4. The number of hydrogen-bond donors (Lipinski definition) is 2. The van der Waals surface area contributed by atoms with E-state index in [1.807, 2.05) is 6.07 Å². The summed E-state index contributed by atoms with van der Waals surface area (Å²) in [5, 5.41) is 15.0. The van der Waals surface area contributed by atoms with Gasteiger partial charge in [-0.3, -0.25) is 10.8 Å². The molecular weight excluding hydrogens is 104 g/mol. The van der Waals surface area contributed by atoms with Crippen molar-refractivity contribution in [1.29, 1.82) is 10.7 Å². The second-order valence-corrected chi connectivity index (χ2v) is 1.28. The molecule has 0 fully saturated rings. The van der Waals surface area contributed by atoms with Crippen molar-refractivity contribution >= 4 is 5.84 Å². The summed E-state index contributed by atoms with van der Waals surface area (Å²) in [6.45, 7) is 0. The second-order valence-electron chi connectivity index (χ2n) is 1.28. The van der Waals surface area contributed by atoms with Gasteiger partial charge in [0.15, 0.2) is 5.84 Å². The van der Waals surface area contributed by atoms with Crippen molar-refractivity contribution in [2.75, 3.05) is 0 Å². The smallest absolute Gasteiger partial charge is 0.167 e. The van der Waals surface area contributed by atoms with Gasteiger partial charge in [-0.1, -0.05) is 0 Å². The maximum atomic E-state index is 8.15. The fraction of sp³-hybridized carbons (Fsp3) is 0. The summed E-state index contributed by atoms with van der Waals surface area (Å²) < 4.78 is 0. The third-order valence-corrected chi connectivity index (χ3v) is 0.698. The van der Waals surface area contributed by atoms with Crippen LogP contribution in [0.1, 0.15) is 0 Å². The molecule has 8 heavy (non-hydrogen) atoms. The van der Waals surface area contributed by atoms with Crippen LogP contribution in [-0.2, 0) is 0 Å². The van der Waals surface area contributed by atoms with Crippen molar-refractivity contribution in [1.82, 2.24) is 10.9 Å². The van der Waals surface area contributed by atoms with Crippen LogP contribution in [-0.4, -0.2) is 5.84 Å². The highest BCUT2D eigenvalue weighted by Gasteiger charge is 2.05. The number of amidine groups is 1. The first-order chi connectivity index (χ1) is 3.83. The molecule has 1 aliphatic heterocycles. The predicted molar refractivity (Wildman–Crippen MR) is 26.7 cm³/mol. The quantitative estimate of drug-likeness (QED) is 0.437. The summed E-state index contributed by atoms with van der Waals surface area (Å²) in [4.78, 5) is 0. The van der Waals surface area contributed by atoms with E-state index in [2.05, 4.69) is 10.9 Å². The van der Waals surface area contributed by atoms with E-state index in [9.17, 15) is 0 Å². The molecule has 0 atom stereocenters. The van der Waals surface area contributed by atoms with Gasteiger partial charge in [-0.2, -0.15) is 10.7 Å². The van der Waals surface area contributed by atoms with E-state index < -0.39 is 0 Å². The third-order valence-electron chi connectivity index (χ3n) is 0.698. The lowest BCUT2D eigenvalue weighted by Crippen LogP contribution is -2.18. The zero-order valence-electron chi connectivity index (χ0n) is 3.97. The summed E-state index contributed by atoms with van der Waals surface area (Å²) in [7, 11) is 0. The maximum absolute atomic E-state index is 8.15. The van der Waals surface area contributed by atoms with Gasteiger partial charge in [-0.15, -0.1) is 0 Å². The van der Waals surface area contributed by atoms with Crippen LogP contribution in [0.15, 0.2) is 11.8 Å². The first-order valence-electron chi connectivity index (χ1n) is 2.00. The molecule has 0 aliphatic carbocycles. The molecule has 0 aromatic heterocycles. The van der Waals surface area contributed by atoms with Gasteiger partial charge in [0.1, 0.15) is 11.8 Å². The Kier molecular flexibility index (Phi) is 0.897. The minimum Gasteiger partial charge on any atom is -0.281 e. The number of hydrogen-bond acceptors (Lipinski definition) is 3. The van der Waals surface area contributed by atoms with Crippen molar-refractivity contribution in [3.8, 4) is 6.07 Å². The van der Waals surface area contributed by atoms with Crippen LogP contribution in [0.5, 0.6) is 0 Å². The normalized spacial score (nSPS) is 15.9. The molecule has 0 saturated carbocycles. The molecule has 0 aromatic carbocycles. The van der Waals surface area contributed by atoms with E-state index in [0.717, 1.165) is 0 Å². The van der Waals surface area contributed by atoms with Crippen LogP contribution in [0.25, 0.3) is 0 Å². The van der Waals surface area contributed by atoms with Gasteiger partial charge in [0.25, 0.3) is 0 Å². The zero-order valence-corrected chi connectivity index (χ0v) is 3.97. The van der Waals surface area contributed by atoms with Crippen LogP contribution < -0.4 is 10.9 Å². The lowest BCUT2D eigenvalue weighted by molar-refractivity contribution is 0.803. The average Bonchev–Trinajstić information content (AvgIpc) is 2.14. The van der Waals surface area contributed by atoms with Crippen LogP contribution in [0, 0.1) is 16.7 Å². The van der Waals surface area contributed by atoms with Crippen LogP contribution in [0.2, 0.25) is 0 Å². The van der Waals surface area contributed by atoms with Gasteiger partial charge in [0, 0.05) is 6.08 Å². The number of rotatable bonds is 0. The van der Waals surface area contributed by atoms with Gasteiger partial charge in [-0.05, 0) is 0 Å². The average molecular weight is 107 g/mol. The number of allylic oxidation sites excluding steroid dienone is 1. The fourth-order valence-electron chi connectivity index (χ4n) is 0.379. The Hall–Kier alpha value is -1.50. The number of nitriles is 1. The summed E-state index contributed by atoms with van der Waals surface area (Å²) in [5.41, 5.74) is 6.09. The molecule has 4 nitrogen and oxygen atoms in total. The van der Waals surface area contributed by atoms with Gasteiger partial charge in [-0.25, -0.2) is 0 Å². The Morgan fingerprint density at radius 3 is 2.88 bits per heavy atom. The van der Waals surface area contributed by atoms with E-state index in [1.54, 1.807) is 0 Å². The predicted octanol–water partition coefficient (Wildman–Crippen LogP) is -0.506. The molecule has 0 aromatic rings. The topological polar surface area (TPSA) is 73.8 Å². The monoisotopic (exact) mass is 107 g/mol. The molecule has 4 heteroatoms. The number of nitrogens with zero attached hydrogens (tertiary/aromatic N) is 2. The van der Waals surface area contributed by atoms with Crippen LogP contribution >= 0.6 is 0 Å². The minimum atomic E-state index is 0.0987. The fourth-order valence-corrected chi connectivity index (χ4v) is 0.379. The first-order valence-corrected chi connectivity index (χ1v) is 2.00. The van der Waals surface area contributed by atoms with Crippen LogP contribution in [0.4, 0.5) is 0 Å². The molecule has 2 N–H and O–H groups in total. The molecule has 1 aliphatic rings. The van der Waals surface area contributed by atoms with Gasteiger partial charge < -0.3 is 0 Å². The summed E-state index contributed by atoms with van der Waals surface area (Å²) in [6.07, 6.45) is 1.36. The second kappa shape index (κ2) is 1.54. The Bertz CT molecular complexity index is 185. The molecule has 39 valence electrons. The Morgan fingerprint density at radius 1 is 1.88 bits per heavy atom. The van der Waals surface area contributed by atoms with Gasteiger partial charge in [0.05, 0.1) is 0 Å². The summed E-state index contributed by atoms with van der Waals surface area (Å²) >= 11 is 0. The molecule has 0 unspecified atom stereocenters. The van der Waals surface area contributed by atoms with Crippen molar-refractivity contribution in [2.45, 2.75) is 0 Å². The molecule has 1 rings (SSSR count). The van der Waals surface area contributed by atoms with Gasteiger partial charge >= 0.3 is 0 Å². The summed E-state index contributed by atoms with van der Waals surface area (Å²) in [6, 6.07) is 1.81. The highest BCUT2D eigenvalue weighted by atomic mass is 15.4. The molecule has 0 amide bonds. The molecule has 0 spiro atoms. The maximum Gasteiger partial charge on any atom is 0.167 e. The highest BCUT2D eigenvalue weighted by molar-refractivity contribution is 5.92. The lowest BCUT2D eigenvalue weighted by Gasteiger charge is -1.86. The molecule has 1 radical (unpaired) electrons. The Labute approximate surface area is 46.3 Å². The standard InChI is InChI=1S/C4H3N4/c5-2-3-1-4(6)8-7-3/h1,6-7H. The largest absolute Gasteiger partial charge is 0.281 e. The molecule has 0 saturated heterocycles. The molecule has 1 heterocycles. The van der Waals surface area contributed by atoms with Crippen LogP contribution in [0.3, 0.4) is 0 Å². The van der Waals surface area contributed by atoms with Crippen molar-refractivity contribution < 1.29 is 0 Å². The zero-order chi connectivity index (χ0) is 5.98. The Morgan fingerprint density at radius 2 is 2.62 bits per heavy atom. The van der Waals surface area contributed by atoms with E-state index in [1.165, 1.54) is 6.08 Å². The van der Waals surface area contributed by atoms with Crippen molar-refractivity contribution in [3.05, 3.63) is 11.8 Å². The first kappa shape index (κ1) is 4.65. The van der Waals surface area contributed by atoms with E-state index >= 15 is 0 Å². The Balaban J connectivity index is 2.75. The summed E-state index contributed by atoms with van der Waals surface area (Å²) in [5.74, 6) is 0.0987. The highest BCUT2D eigenvalue weighted by Crippen LogP contribution is 1.91. The molecular formula is C4H3N4. The molecule has 0 bridgehead atoms. The number of nitrogens with one attached hydrogen (secondary N) is 2. The minimum absolute atomic E-state index is 0.0987. The van der Waals surface area contributed by atoms with Gasteiger partial charge in [0.2, 0.25) is 0 Å². The van der Waals surface area contributed by atoms with Crippen molar-refractivity contribution in [2.24, 2.45) is 0 Å². The third kappa shape index (κ3) is 0.611. The van der Waals surface area contributed by atoms with Crippen molar-refractivity contribution in [3.63, 3.8) is 0 Å². The van der Waals surface area contributed by atoms with E-state index in [4.69, 9.17) is 10.7 Å². The van der Waals surface area contributed by atoms with E-state index in [0.29, 0.717) is 5.70 Å². The van der Waals surface area contributed by atoms with E-state index in [-0.39, 0.29) is 5.84 Å².